The lowest BCUT2D eigenvalue weighted by molar-refractivity contribution is -0.135. The number of carbonyl (C=O) groups excluding carboxylic acids is 1. The molecule has 3 heterocycles. The van der Waals surface area contributed by atoms with Crippen LogP contribution < -0.4 is 0 Å². The maximum Gasteiger partial charge on any atom is 0.236 e. The molecule has 3 saturated heterocycles. The van der Waals surface area contributed by atoms with Crippen LogP contribution in [0, 0.1) is 5.92 Å². The van der Waals surface area contributed by atoms with Crippen LogP contribution in [0.5, 0.6) is 0 Å². The zero-order valence-corrected chi connectivity index (χ0v) is 17.4. The van der Waals surface area contributed by atoms with E-state index in [1.54, 1.807) is 0 Å². The summed E-state index contributed by atoms with van der Waals surface area (Å²) in [5.41, 5.74) is 0. The third-order valence-electron chi connectivity index (χ3n) is 7.76. The molecule has 154 valence electrons. The second-order valence-electron chi connectivity index (χ2n) is 9.58. The lowest BCUT2D eigenvalue weighted by Gasteiger charge is -2.42. The SMILES string of the molecule is CC1CCN(C2CCN(CC(=O)N3CCN(C4CCCC4)CC3)CC2)CC1. The average molecular weight is 377 g/mol. The number of hydrogen-bond acceptors (Lipinski definition) is 4. The molecular weight excluding hydrogens is 336 g/mol. The molecule has 0 unspecified atom stereocenters. The van der Waals surface area contributed by atoms with E-state index in [1.165, 1.54) is 64.5 Å². The molecule has 0 radical (unpaired) electrons. The maximum absolute atomic E-state index is 12.8. The van der Waals surface area contributed by atoms with Crippen molar-refractivity contribution in [3.63, 3.8) is 0 Å². The number of piperazine rings is 1. The molecule has 3 aliphatic heterocycles. The molecular formula is C22H40N4O. The molecule has 1 aliphatic carbocycles. The Morgan fingerprint density at radius 3 is 1.89 bits per heavy atom. The molecule has 0 aromatic carbocycles. The van der Waals surface area contributed by atoms with Gasteiger partial charge in [-0.15, -0.1) is 0 Å². The van der Waals surface area contributed by atoms with Gasteiger partial charge in [0.1, 0.15) is 0 Å². The molecule has 0 bridgehead atoms. The number of rotatable bonds is 4. The smallest absolute Gasteiger partial charge is 0.236 e. The molecule has 4 aliphatic rings. The van der Waals surface area contributed by atoms with Crippen molar-refractivity contribution in [1.82, 2.24) is 19.6 Å². The number of carbonyl (C=O) groups is 1. The van der Waals surface area contributed by atoms with Gasteiger partial charge in [0.2, 0.25) is 5.91 Å². The average Bonchev–Trinajstić information content (AvgIpc) is 3.24. The Bertz CT molecular complexity index is 469. The van der Waals surface area contributed by atoms with Gasteiger partial charge < -0.3 is 9.80 Å². The summed E-state index contributed by atoms with van der Waals surface area (Å²) in [6.45, 7) is 11.9. The summed E-state index contributed by atoms with van der Waals surface area (Å²) in [4.78, 5) is 22.7. The van der Waals surface area contributed by atoms with Gasteiger partial charge in [-0.2, -0.15) is 0 Å². The first kappa shape index (κ1) is 19.7. The fraction of sp³-hybridized carbons (Fsp3) is 0.955. The fourth-order valence-corrected chi connectivity index (χ4v) is 5.73. The second-order valence-corrected chi connectivity index (χ2v) is 9.58. The van der Waals surface area contributed by atoms with E-state index in [2.05, 4.69) is 26.5 Å². The van der Waals surface area contributed by atoms with Crippen molar-refractivity contribution >= 4 is 5.91 Å². The minimum atomic E-state index is 0.367. The van der Waals surface area contributed by atoms with Crippen molar-refractivity contribution in [3.8, 4) is 0 Å². The molecule has 0 aromatic heterocycles. The summed E-state index contributed by atoms with van der Waals surface area (Å²) in [5.74, 6) is 1.28. The number of piperidine rings is 2. The van der Waals surface area contributed by atoms with Crippen LogP contribution in [0.4, 0.5) is 0 Å². The molecule has 1 amide bonds. The number of likely N-dealkylation sites (tertiary alicyclic amines) is 2. The predicted molar refractivity (Wildman–Crippen MR) is 110 cm³/mol. The van der Waals surface area contributed by atoms with E-state index in [4.69, 9.17) is 0 Å². The summed E-state index contributed by atoms with van der Waals surface area (Å²) in [6.07, 6.45) is 10.8. The van der Waals surface area contributed by atoms with Gasteiger partial charge in [-0.3, -0.25) is 14.6 Å². The van der Waals surface area contributed by atoms with Crippen LogP contribution in [0.2, 0.25) is 0 Å². The molecule has 0 atom stereocenters. The molecule has 4 rings (SSSR count). The summed E-state index contributed by atoms with van der Waals surface area (Å²) >= 11 is 0. The lowest BCUT2D eigenvalue weighted by atomic mass is 9.95. The molecule has 0 N–H and O–H groups in total. The van der Waals surface area contributed by atoms with E-state index in [0.717, 1.165) is 57.3 Å². The van der Waals surface area contributed by atoms with Gasteiger partial charge in [-0.25, -0.2) is 0 Å². The van der Waals surface area contributed by atoms with Gasteiger partial charge in [0.25, 0.3) is 0 Å². The first-order valence-corrected chi connectivity index (χ1v) is 11.7. The molecule has 1 saturated carbocycles. The third-order valence-corrected chi connectivity index (χ3v) is 7.76. The van der Waals surface area contributed by atoms with E-state index in [0.29, 0.717) is 12.5 Å². The van der Waals surface area contributed by atoms with Crippen LogP contribution in [0.15, 0.2) is 0 Å². The predicted octanol–water partition coefficient (Wildman–Crippen LogP) is 2.27. The van der Waals surface area contributed by atoms with Crippen LogP contribution >= 0.6 is 0 Å². The van der Waals surface area contributed by atoms with E-state index >= 15 is 0 Å². The van der Waals surface area contributed by atoms with Crippen molar-refractivity contribution in [3.05, 3.63) is 0 Å². The number of amides is 1. The van der Waals surface area contributed by atoms with Gasteiger partial charge >= 0.3 is 0 Å². The zero-order chi connectivity index (χ0) is 18.6. The van der Waals surface area contributed by atoms with Crippen molar-refractivity contribution < 1.29 is 4.79 Å². The van der Waals surface area contributed by atoms with Crippen LogP contribution in [-0.4, -0.2) is 96.5 Å². The van der Waals surface area contributed by atoms with Crippen molar-refractivity contribution in [2.45, 2.75) is 70.4 Å². The van der Waals surface area contributed by atoms with Crippen LogP contribution in [0.3, 0.4) is 0 Å². The molecule has 0 aromatic rings. The van der Waals surface area contributed by atoms with Crippen molar-refractivity contribution in [2.24, 2.45) is 5.92 Å². The normalized spacial score (nSPS) is 28.9. The topological polar surface area (TPSA) is 30.0 Å². The molecule has 27 heavy (non-hydrogen) atoms. The third kappa shape index (κ3) is 5.04. The minimum Gasteiger partial charge on any atom is -0.339 e. The molecule has 0 spiro atoms. The highest BCUT2D eigenvalue weighted by atomic mass is 16.2. The highest BCUT2D eigenvalue weighted by Gasteiger charge is 2.30. The van der Waals surface area contributed by atoms with Gasteiger partial charge in [-0.1, -0.05) is 19.8 Å². The Balaban J connectivity index is 1.15. The summed E-state index contributed by atoms with van der Waals surface area (Å²) < 4.78 is 0. The maximum atomic E-state index is 12.8. The second kappa shape index (κ2) is 9.23. The Hall–Kier alpha value is -0.650. The van der Waals surface area contributed by atoms with Gasteiger partial charge in [0.05, 0.1) is 6.54 Å². The van der Waals surface area contributed by atoms with E-state index < -0.39 is 0 Å². The van der Waals surface area contributed by atoms with Gasteiger partial charge in [0, 0.05) is 51.4 Å². The van der Waals surface area contributed by atoms with Gasteiger partial charge in [-0.05, 0) is 57.5 Å². The molecule has 5 nitrogen and oxygen atoms in total. The summed E-state index contributed by atoms with van der Waals surface area (Å²) in [7, 11) is 0. The first-order chi connectivity index (χ1) is 13.2. The monoisotopic (exact) mass is 376 g/mol. The molecule has 5 heteroatoms. The summed E-state index contributed by atoms with van der Waals surface area (Å²) in [5, 5.41) is 0. The number of hydrogen-bond donors (Lipinski definition) is 0. The highest BCUT2D eigenvalue weighted by Crippen LogP contribution is 2.25. The standard InChI is InChI=1S/C22H40N4O/c1-19-6-12-24(13-7-19)21-8-10-23(11-9-21)18-22(27)26-16-14-25(15-17-26)20-4-2-3-5-20/h19-21H,2-18H2,1H3. The Labute approximate surface area is 166 Å². The zero-order valence-electron chi connectivity index (χ0n) is 17.4. The van der Waals surface area contributed by atoms with Crippen LogP contribution in [0.25, 0.3) is 0 Å². The van der Waals surface area contributed by atoms with Gasteiger partial charge in [0.15, 0.2) is 0 Å². The van der Waals surface area contributed by atoms with Crippen molar-refractivity contribution in [1.29, 1.82) is 0 Å². The highest BCUT2D eigenvalue weighted by molar-refractivity contribution is 5.78. The quantitative estimate of drug-likeness (QED) is 0.753. The van der Waals surface area contributed by atoms with E-state index in [9.17, 15) is 4.79 Å². The largest absolute Gasteiger partial charge is 0.339 e. The van der Waals surface area contributed by atoms with Crippen molar-refractivity contribution in [2.75, 3.05) is 58.9 Å². The number of nitrogens with zero attached hydrogens (tertiary/aromatic N) is 4. The minimum absolute atomic E-state index is 0.367. The van der Waals surface area contributed by atoms with E-state index in [1.807, 2.05) is 0 Å². The Morgan fingerprint density at radius 2 is 1.26 bits per heavy atom. The van der Waals surface area contributed by atoms with E-state index in [-0.39, 0.29) is 0 Å². The summed E-state index contributed by atoms with van der Waals surface area (Å²) in [6, 6.07) is 1.57. The Kier molecular flexibility index (Phi) is 6.72. The first-order valence-electron chi connectivity index (χ1n) is 11.7. The fourth-order valence-electron chi connectivity index (χ4n) is 5.73. The van der Waals surface area contributed by atoms with Crippen LogP contribution in [0.1, 0.15) is 58.3 Å². The Morgan fingerprint density at radius 1 is 0.704 bits per heavy atom. The van der Waals surface area contributed by atoms with Crippen LogP contribution in [-0.2, 0) is 4.79 Å². The lowest BCUT2D eigenvalue weighted by Crippen LogP contribution is -2.54. The molecule has 4 fully saturated rings.